The maximum Gasteiger partial charge on any atom is 0.0574 e. The molecule has 0 unspecified atom stereocenters. The summed E-state index contributed by atoms with van der Waals surface area (Å²) in [6.45, 7) is 0. The van der Waals surface area contributed by atoms with E-state index in [1.807, 2.05) is 11.3 Å². The summed E-state index contributed by atoms with van der Waals surface area (Å²) < 4.78 is 1.04. The molecule has 156 valence electrons. The van der Waals surface area contributed by atoms with Gasteiger partial charge in [0.25, 0.3) is 0 Å². The molecular formula is C30H18S3. The number of hydrogen-bond acceptors (Lipinski definition) is 3. The number of thiol groups is 1. The second-order valence-corrected chi connectivity index (χ2v) is 11.2. The maximum atomic E-state index is 4.65. The Bertz CT molecular complexity index is 1720. The van der Waals surface area contributed by atoms with Gasteiger partial charge in [0, 0.05) is 20.9 Å². The van der Waals surface area contributed by atoms with Gasteiger partial charge in [-0.3, -0.25) is 0 Å². The van der Waals surface area contributed by atoms with Crippen molar-refractivity contribution in [1.29, 1.82) is 0 Å². The van der Waals surface area contributed by atoms with Crippen LogP contribution in [0.5, 0.6) is 0 Å². The van der Waals surface area contributed by atoms with Crippen LogP contribution in [0.15, 0.2) is 107 Å². The highest BCUT2D eigenvalue weighted by atomic mass is 32.2. The third kappa shape index (κ3) is 3.04. The summed E-state index contributed by atoms with van der Waals surface area (Å²) in [7, 11) is 0. The summed E-state index contributed by atoms with van der Waals surface area (Å²) in [6, 6.07) is 35.6. The molecule has 2 heterocycles. The fourth-order valence-corrected chi connectivity index (χ4v) is 7.00. The van der Waals surface area contributed by atoms with Gasteiger partial charge >= 0.3 is 0 Å². The summed E-state index contributed by atoms with van der Waals surface area (Å²) in [4.78, 5) is 2.57. The molecule has 0 N–H and O–H groups in total. The van der Waals surface area contributed by atoms with E-state index in [2.05, 4.69) is 115 Å². The average molecular weight is 475 g/mol. The van der Waals surface area contributed by atoms with Crippen molar-refractivity contribution in [1.82, 2.24) is 0 Å². The van der Waals surface area contributed by atoms with Crippen LogP contribution in [0, 0.1) is 0 Å². The Hall–Kier alpha value is -3.11. The normalized spacial score (nSPS) is 11.8. The van der Waals surface area contributed by atoms with Crippen molar-refractivity contribution < 1.29 is 0 Å². The first-order valence-electron chi connectivity index (χ1n) is 10.9. The zero-order valence-electron chi connectivity index (χ0n) is 17.6. The molecule has 0 spiro atoms. The lowest BCUT2D eigenvalue weighted by molar-refractivity contribution is 1.75. The van der Waals surface area contributed by atoms with Crippen LogP contribution >= 0.6 is 35.3 Å². The summed E-state index contributed by atoms with van der Waals surface area (Å²) in [5, 5.41) is 12.5. The first-order chi connectivity index (χ1) is 16.3. The Morgan fingerprint density at radius 1 is 0.485 bits per heavy atom. The standard InChI is InChI=1S/C30H18S3/c31-28-12-11-27(33-28)30-24-16-20-8-3-1-6-18(20)14-22(24)29(26-10-5-13-32-26)23-15-19-7-2-4-9-21(19)17-25(23)30/h1-17,31H. The zero-order valence-corrected chi connectivity index (χ0v) is 20.1. The molecule has 3 heteroatoms. The number of thiophene rings is 2. The van der Waals surface area contributed by atoms with Crippen LogP contribution < -0.4 is 0 Å². The highest BCUT2D eigenvalue weighted by Crippen LogP contribution is 2.48. The molecule has 0 nitrogen and oxygen atoms in total. The van der Waals surface area contributed by atoms with Gasteiger partial charge in [0.1, 0.15) is 0 Å². The van der Waals surface area contributed by atoms with Gasteiger partial charge in [-0.15, -0.1) is 35.3 Å². The van der Waals surface area contributed by atoms with Crippen LogP contribution in [0.2, 0.25) is 0 Å². The summed E-state index contributed by atoms with van der Waals surface area (Å²) >= 11 is 8.22. The molecule has 0 amide bonds. The molecule has 0 saturated carbocycles. The Labute approximate surface area is 205 Å². The highest BCUT2D eigenvalue weighted by molar-refractivity contribution is 7.83. The summed E-state index contributed by atoms with van der Waals surface area (Å²) in [5.41, 5.74) is 2.64. The lowest BCUT2D eigenvalue weighted by Crippen LogP contribution is -1.90. The predicted molar refractivity (Wildman–Crippen MR) is 150 cm³/mol. The van der Waals surface area contributed by atoms with E-state index in [1.165, 1.54) is 64.0 Å². The van der Waals surface area contributed by atoms with Crippen molar-refractivity contribution in [3.63, 3.8) is 0 Å². The SMILES string of the molecule is Sc1ccc(-c2c3cc4ccccc4cc3c(-c3cccs3)c3cc4ccccc4cc23)s1. The summed E-state index contributed by atoms with van der Waals surface area (Å²) in [6.07, 6.45) is 0. The van der Waals surface area contributed by atoms with E-state index in [0.29, 0.717) is 0 Å². The first-order valence-corrected chi connectivity index (χ1v) is 13.0. The van der Waals surface area contributed by atoms with Gasteiger partial charge in [-0.05, 0) is 90.9 Å². The number of benzene rings is 5. The van der Waals surface area contributed by atoms with Crippen molar-refractivity contribution in [2.24, 2.45) is 0 Å². The molecule has 0 radical (unpaired) electrons. The van der Waals surface area contributed by atoms with Crippen molar-refractivity contribution in [3.05, 3.63) is 102 Å². The number of fused-ring (bicyclic) bond motifs is 4. The lowest BCUT2D eigenvalue weighted by atomic mass is 9.87. The molecule has 0 bridgehead atoms. The van der Waals surface area contributed by atoms with Gasteiger partial charge in [0.05, 0.1) is 4.21 Å². The quantitative estimate of drug-likeness (QED) is 0.187. The summed E-state index contributed by atoms with van der Waals surface area (Å²) in [5.74, 6) is 0. The van der Waals surface area contributed by atoms with Gasteiger partial charge < -0.3 is 0 Å². The van der Waals surface area contributed by atoms with E-state index in [9.17, 15) is 0 Å². The van der Waals surface area contributed by atoms with Crippen molar-refractivity contribution in [2.75, 3.05) is 0 Å². The van der Waals surface area contributed by atoms with Crippen LogP contribution in [-0.4, -0.2) is 0 Å². The van der Waals surface area contributed by atoms with E-state index in [4.69, 9.17) is 0 Å². The Kier molecular flexibility index (Phi) is 4.38. The van der Waals surface area contributed by atoms with E-state index in [0.717, 1.165) is 4.21 Å². The first kappa shape index (κ1) is 19.4. The van der Waals surface area contributed by atoms with Crippen molar-refractivity contribution in [3.8, 4) is 20.9 Å². The topological polar surface area (TPSA) is 0 Å². The van der Waals surface area contributed by atoms with Crippen LogP contribution in [0.25, 0.3) is 64.0 Å². The average Bonchev–Trinajstić information content (AvgIpc) is 3.52. The lowest BCUT2D eigenvalue weighted by Gasteiger charge is -2.18. The molecule has 0 saturated heterocycles. The fourth-order valence-electron chi connectivity index (χ4n) is 5.01. The predicted octanol–water partition coefficient (Wildman–Crippen LogP) is 10.0. The Morgan fingerprint density at radius 3 is 1.36 bits per heavy atom. The van der Waals surface area contributed by atoms with Crippen LogP contribution in [0.3, 0.4) is 0 Å². The third-order valence-corrected chi connectivity index (χ3v) is 8.67. The largest absolute Gasteiger partial charge is 0.144 e. The Balaban J connectivity index is 1.79. The van der Waals surface area contributed by atoms with Gasteiger partial charge in [0.2, 0.25) is 0 Å². The highest BCUT2D eigenvalue weighted by Gasteiger charge is 2.19. The molecule has 33 heavy (non-hydrogen) atoms. The second-order valence-electron chi connectivity index (χ2n) is 8.36. The minimum absolute atomic E-state index is 1.04. The van der Waals surface area contributed by atoms with Crippen LogP contribution in [-0.2, 0) is 0 Å². The smallest absolute Gasteiger partial charge is 0.0574 e. The number of hydrogen-bond donors (Lipinski definition) is 1. The molecule has 0 atom stereocenters. The van der Waals surface area contributed by atoms with E-state index in [-0.39, 0.29) is 0 Å². The molecule has 0 aliphatic heterocycles. The molecule has 2 aromatic heterocycles. The minimum atomic E-state index is 1.04. The fraction of sp³-hybridized carbons (Fsp3) is 0. The molecule has 0 fully saturated rings. The molecule has 7 aromatic rings. The van der Waals surface area contributed by atoms with Crippen LogP contribution in [0.4, 0.5) is 0 Å². The van der Waals surface area contributed by atoms with Gasteiger partial charge in [-0.1, -0.05) is 54.6 Å². The molecule has 7 rings (SSSR count). The van der Waals surface area contributed by atoms with E-state index < -0.39 is 0 Å². The number of rotatable bonds is 2. The second kappa shape index (κ2) is 7.46. The third-order valence-electron chi connectivity index (χ3n) is 6.45. The molecule has 0 aliphatic carbocycles. The molecule has 0 aliphatic rings. The molecule has 5 aromatic carbocycles. The van der Waals surface area contributed by atoms with Gasteiger partial charge in [-0.25, -0.2) is 0 Å². The monoisotopic (exact) mass is 474 g/mol. The van der Waals surface area contributed by atoms with Gasteiger partial charge in [-0.2, -0.15) is 0 Å². The van der Waals surface area contributed by atoms with Crippen LogP contribution in [0.1, 0.15) is 0 Å². The maximum absolute atomic E-state index is 4.65. The molecular weight excluding hydrogens is 457 g/mol. The van der Waals surface area contributed by atoms with Crippen molar-refractivity contribution in [2.45, 2.75) is 4.21 Å². The minimum Gasteiger partial charge on any atom is -0.144 e. The van der Waals surface area contributed by atoms with E-state index >= 15 is 0 Å². The Morgan fingerprint density at radius 2 is 0.970 bits per heavy atom. The van der Waals surface area contributed by atoms with Crippen molar-refractivity contribution >= 4 is 78.4 Å². The van der Waals surface area contributed by atoms with E-state index in [1.54, 1.807) is 11.3 Å². The van der Waals surface area contributed by atoms with Gasteiger partial charge in [0.15, 0.2) is 0 Å². The zero-order chi connectivity index (χ0) is 21.9.